The largest absolute Gasteiger partial charge is 0.486 e. The number of rotatable bonds is 3. The fourth-order valence-electron chi connectivity index (χ4n) is 1.21. The zero-order valence-corrected chi connectivity index (χ0v) is 9.94. The Hall–Kier alpha value is -1.29. The minimum atomic E-state index is 0.491. The van der Waals surface area contributed by atoms with Gasteiger partial charge in [-0.2, -0.15) is 0 Å². The number of hydrogen-bond acceptors (Lipinski definition) is 2. The first-order valence-electron chi connectivity index (χ1n) is 4.60. The van der Waals surface area contributed by atoms with E-state index in [-0.39, 0.29) is 0 Å². The zero-order chi connectivity index (χ0) is 10.7. The van der Waals surface area contributed by atoms with E-state index >= 15 is 0 Å². The van der Waals surface area contributed by atoms with Crippen molar-refractivity contribution < 1.29 is 4.74 Å². The average Bonchev–Trinajstić information content (AvgIpc) is 2.63. The second-order valence-electron chi connectivity index (χ2n) is 3.20. The highest BCUT2D eigenvalue weighted by atomic mass is 79.9. The fourth-order valence-corrected chi connectivity index (χ4v) is 1.48. The molecule has 0 aliphatic heterocycles. The van der Waals surface area contributed by atoms with Crippen molar-refractivity contribution in [1.29, 1.82) is 0 Å². The summed E-state index contributed by atoms with van der Waals surface area (Å²) in [4.78, 5) is 4.18. The van der Waals surface area contributed by atoms with Crippen molar-refractivity contribution in [3.63, 3.8) is 0 Å². The number of hydrogen-bond donors (Lipinski definition) is 0. The number of nitrogens with zero attached hydrogens (tertiary/aromatic N) is 2. The third-order valence-corrected chi connectivity index (χ3v) is 2.63. The predicted molar refractivity (Wildman–Crippen MR) is 61.7 cm³/mol. The molecule has 0 unspecified atom stereocenters. The van der Waals surface area contributed by atoms with Crippen LogP contribution in [0.25, 0.3) is 0 Å². The molecule has 0 aliphatic carbocycles. The van der Waals surface area contributed by atoms with E-state index in [2.05, 4.69) is 20.9 Å². The van der Waals surface area contributed by atoms with E-state index in [1.807, 2.05) is 42.1 Å². The molecule has 4 heteroatoms. The number of halogens is 1. The van der Waals surface area contributed by atoms with Crippen LogP contribution in [-0.4, -0.2) is 9.55 Å². The molecule has 0 saturated carbocycles. The van der Waals surface area contributed by atoms with Gasteiger partial charge in [0.1, 0.15) is 18.2 Å². The molecule has 2 aromatic rings. The van der Waals surface area contributed by atoms with Crippen molar-refractivity contribution in [2.24, 2.45) is 7.05 Å². The Bertz CT molecular complexity index is 436. The molecule has 0 aliphatic rings. The van der Waals surface area contributed by atoms with E-state index < -0.39 is 0 Å². The molecule has 1 aromatic heterocycles. The molecule has 15 heavy (non-hydrogen) atoms. The summed E-state index contributed by atoms with van der Waals surface area (Å²) in [5.74, 6) is 1.76. The quantitative estimate of drug-likeness (QED) is 0.855. The van der Waals surface area contributed by atoms with Gasteiger partial charge < -0.3 is 9.30 Å². The van der Waals surface area contributed by atoms with Gasteiger partial charge in [-0.3, -0.25) is 0 Å². The molecule has 0 amide bonds. The number of ether oxygens (including phenoxy) is 1. The summed E-state index contributed by atoms with van der Waals surface area (Å²) < 4.78 is 8.57. The number of aryl methyl sites for hydroxylation is 1. The van der Waals surface area contributed by atoms with Crippen LogP contribution < -0.4 is 4.74 Å². The zero-order valence-electron chi connectivity index (χ0n) is 8.35. The molecular weight excluding hydrogens is 256 g/mol. The van der Waals surface area contributed by atoms with Gasteiger partial charge in [0.2, 0.25) is 0 Å². The number of imidazole rings is 1. The molecule has 2 rings (SSSR count). The normalized spacial score (nSPS) is 10.3. The van der Waals surface area contributed by atoms with Gasteiger partial charge in [-0.05, 0) is 24.3 Å². The smallest absolute Gasteiger partial charge is 0.146 e. The van der Waals surface area contributed by atoms with Crippen molar-refractivity contribution in [1.82, 2.24) is 9.55 Å². The first-order chi connectivity index (χ1) is 7.25. The summed E-state index contributed by atoms with van der Waals surface area (Å²) in [6, 6.07) is 7.75. The SMILES string of the molecule is Cn1ccnc1COc1ccc(Br)cc1. The van der Waals surface area contributed by atoms with Crippen molar-refractivity contribution in [3.8, 4) is 5.75 Å². The molecule has 0 N–H and O–H groups in total. The summed E-state index contributed by atoms with van der Waals surface area (Å²) in [5, 5.41) is 0. The molecular formula is C11H11BrN2O. The maximum atomic E-state index is 5.58. The van der Waals surface area contributed by atoms with Crippen LogP contribution in [-0.2, 0) is 13.7 Å². The lowest BCUT2D eigenvalue weighted by Gasteiger charge is -2.05. The van der Waals surface area contributed by atoms with Gasteiger partial charge in [-0.1, -0.05) is 15.9 Å². The highest BCUT2D eigenvalue weighted by Crippen LogP contribution is 2.16. The van der Waals surface area contributed by atoms with Crippen molar-refractivity contribution >= 4 is 15.9 Å². The standard InChI is InChI=1S/C11H11BrN2O/c1-14-7-6-13-11(14)8-15-10-4-2-9(12)3-5-10/h2-7H,8H2,1H3. The average molecular weight is 267 g/mol. The van der Waals surface area contributed by atoms with Gasteiger partial charge in [0, 0.05) is 23.9 Å². The van der Waals surface area contributed by atoms with Crippen LogP contribution >= 0.6 is 15.9 Å². The maximum Gasteiger partial charge on any atom is 0.146 e. The highest BCUT2D eigenvalue weighted by Gasteiger charge is 2.00. The Balaban J connectivity index is 1.99. The first-order valence-corrected chi connectivity index (χ1v) is 5.39. The lowest BCUT2D eigenvalue weighted by molar-refractivity contribution is 0.292. The number of aromatic nitrogens is 2. The van der Waals surface area contributed by atoms with Gasteiger partial charge in [0.25, 0.3) is 0 Å². The minimum absolute atomic E-state index is 0.491. The Morgan fingerprint density at radius 1 is 1.33 bits per heavy atom. The third-order valence-electron chi connectivity index (χ3n) is 2.10. The molecule has 1 heterocycles. The lowest BCUT2D eigenvalue weighted by Crippen LogP contribution is -2.02. The highest BCUT2D eigenvalue weighted by molar-refractivity contribution is 9.10. The van der Waals surface area contributed by atoms with E-state index in [0.717, 1.165) is 16.0 Å². The monoisotopic (exact) mass is 266 g/mol. The van der Waals surface area contributed by atoms with Crippen molar-refractivity contribution in [2.75, 3.05) is 0 Å². The molecule has 78 valence electrons. The Morgan fingerprint density at radius 3 is 2.67 bits per heavy atom. The van der Waals surface area contributed by atoms with Gasteiger partial charge in [0.15, 0.2) is 0 Å². The fraction of sp³-hybridized carbons (Fsp3) is 0.182. The molecule has 0 bridgehead atoms. The van der Waals surface area contributed by atoms with Crippen LogP contribution in [0.1, 0.15) is 5.82 Å². The van der Waals surface area contributed by atoms with Gasteiger partial charge in [-0.15, -0.1) is 0 Å². The molecule has 0 fully saturated rings. The van der Waals surface area contributed by atoms with Crippen LogP contribution in [0.2, 0.25) is 0 Å². The lowest BCUT2D eigenvalue weighted by atomic mass is 10.3. The van der Waals surface area contributed by atoms with Crippen LogP contribution in [0, 0.1) is 0 Å². The Kier molecular flexibility index (Phi) is 3.06. The van der Waals surface area contributed by atoms with E-state index in [0.29, 0.717) is 6.61 Å². The van der Waals surface area contributed by atoms with Gasteiger partial charge >= 0.3 is 0 Å². The Morgan fingerprint density at radius 2 is 2.07 bits per heavy atom. The molecule has 0 spiro atoms. The van der Waals surface area contributed by atoms with Crippen LogP contribution in [0.3, 0.4) is 0 Å². The molecule has 0 saturated heterocycles. The van der Waals surface area contributed by atoms with E-state index in [1.54, 1.807) is 6.20 Å². The van der Waals surface area contributed by atoms with Crippen molar-refractivity contribution in [2.45, 2.75) is 6.61 Å². The van der Waals surface area contributed by atoms with Gasteiger partial charge in [-0.25, -0.2) is 4.98 Å². The summed E-state index contributed by atoms with van der Waals surface area (Å²) >= 11 is 3.37. The second kappa shape index (κ2) is 4.49. The topological polar surface area (TPSA) is 27.1 Å². The molecule has 0 radical (unpaired) electrons. The summed E-state index contributed by atoms with van der Waals surface area (Å²) in [6.45, 7) is 0.491. The molecule has 3 nitrogen and oxygen atoms in total. The second-order valence-corrected chi connectivity index (χ2v) is 4.11. The first kappa shape index (κ1) is 10.2. The molecule has 1 aromatic carbocycles. The van der Waals surface area contributed by atoms with Gasteiger partial charge in [0.05, 0.1) is 0 Å². The summed E-state index contributed by atoms with van der Waals surface area (Å²) in [5.41, 5.74) is 0. The molecule has 0 atom stereocenters. The summed E-state index contributed by atoms with van der Waals surface area (Å²) in [6.07, 6.45) is 3.67. The minimum Gasteiger partial charge on any atom is -0.486 e. The van der Waals surface area contributed by atoms with Crippen LogP contribution in [0.5, 0.6) is 5.75 Å². The predicted octanol–water partition coefficient (Wildman–Crippen LogP) is 2.76. The summed E-state index contributed by atoms with van der Waals surface area (Å²) in [7, 11) is 1.95. The van der Waals surface area contributed by atoms with Crippen molar-refractivity contribution in [3.05, 3.63) is 47.0 Å². The Labute approximate surface area is 96.8 Å². The maximum absolute atomic E-state index is 5.58. The van der Waals surface area contributed by atoms with Crippen LogP contribution in [0.15, 0.2) is 41.1 Å². The third kappa shape index (κ3) is 2.59. The van der Waals surface area contributed by atoms with E-state index in [9.17, 15) is 0 Å². The van der Waals surface area contributed by atoms with E-state index in [1.165, 1.54) is 0 Å². The number of benzene rings is 1. The van der Waals surface area contributed by atoms with E-state index in [4.69, 9.17) is 4.74 Å². The van der Waals surface area contributed by atoms with Crippen LogP contribution in [0.4, 0.5) is 0 Å².